The molecule has 5 amide bonds. The molecular weight excluding hydrogens is 821 g/mol. The van der Waals surface area contributed by atoms with Gasteiger partial charge in [0.2, 0.25) is 33.6 Å². The van der Waals surface area contributed by atoms with E-state index in [0.717, 1.165) is 12.0 Å². The lowest BCUT2D eigenvalue weighted by atomic mass is 10.0. The molecule has 3 N–H and O–H groups in total. The zero-order chi connectivity index (χ0) is 44.5. The van der Waals surface area contributed by atoms with Crippen LogP contribution in [-0.4, -0.2) is 125 Å². The summed E-state index contributed by atoms with van der Waals surface area (Å²) in [7, 11) is 0.865. The lowest BCUT2D eigenvalue weighted by Gasteiger charge is -2.29. The predicted octanol–water partition coefficient (Wildman–Crippen LogP) is 2.77. The Morgan fingerprint density at radius 2 is 1.84 bits per heavy atom. The first-order chi connectivity index (χ1) is 29.5. The molecular formula is C43H56N8O10S. The van der Waals surface area contributed by atoms with Gasteiger partial charge in [-0.3, -0.25) is 33.4 Å². The number of pyridine rings is 1. The molecule has 4 heterocycles. The van der Waals surface area contributed by atoms with Gasteiger partial charge in [0.15, 0.2) is 0 Å². The van der Waals surface area contributed by atoms with E-state index in [4.69, 9.17) is 19.2 Å². The first kappa shape index (κ1) is 44.3. The van der Waals surface area contributed by atoms with Gasteiger partial charge in [-0.2, -0.15) is 5.10 Å². The Labute approximate surface area is 361 Å². The number of benzene rings is 1. The molecule has 19 heteroatoms. The number of fused-ring (bicyclic) bond motifs is 3. The van der Waals surface area contributed by atoms with E-state index >= 15 is 0 Å². The second-order valence-corrected chi connectivity index (χ2v) is 19.1. The molecule has 2 aliphatic heterocycles. The molecule has 0 spiro atoms. The van der Waals surface area contributed by atoms with Crippen LogP contribution < -0.4 is 29.6 Å². The topological polar surface area (TPSA) is 220 Å². The summed E-state index contributed by atoms with van der Waals surface area (Å²) in [6.07, 6.45) is 8.35. The number of rotatable bonds is 12. The SMILES string of the molecule is COc1ccc2c(O[C@@H]3C[C@H]4C(=O)N[C@]5(C(=O)NS(=O)(=O)C6CC6)C[C@H]5C=CCCCCC[C@H](NC(=O)c5ccn(CC(=O)N(C)C)n5)C(=O)N4C3)cc(OC(C)C)nc2c1C. The van der Waals surface area contributed by atoms with E-state index in [-0.39, 0.29) is 50.1 Å². The first-order valence-electron chi connectivity index (χ1n) is 21.2. The third-order valence-electron chi connectivity index (χ3n) is 11.8. The van der Waals surface area contributed by atoms with Crippen molar-refractivity contribution < 1.29 is 46.6 Å². The Morgan fingerprint density at radius 1 is 1.06 bits per heavy atom. The number of sulfonamides is 1. The number of hydrogen-bond donors (Lipinski definition) is 3. The van der Waals surface area contributed by atoms with Crippen molar-refractivity contribution >= 4 is 50.5 Å². The van der Waals surface area contributed by atoms with Crippen LogP contribution in [-0.2, 0) is 35.7 Å². The number of carbonyl (C=O) groups is 5. The number of nitrogens with zero attached hydrogens (tertiary/aromatic N) is 5. The summed E-state index contributed by atoms with van der Waals surface area (Å²) in [5.41, 5.74) is -0.208. The number of carbonyl (C=O) groups excluding carboxylic acids is 5. The van der Waals surface area contributed by atoms with Crippen molar-refractivity contribution in [2.75, 3.05) is 27.7 Å². The van der Waals surface area contributed by atoms with Gasteiger partial charge in [-0.25, -0.2) is 13.4 Å². The Kier molecular flexibility index (Phi) is 12.8. The molecule has 1 saturated heterocycles. The van der Waals surface area contributed by atoms with Crippen LogP contribution in [0.25, 0.3) is 10.9 Å². The fraction of sp³-hybridized carbons (Fsp3) is 0.558. The van der Waals surface area contributed by atoms with Crippen molar-refractivity contribution in [3.8, 4) is 17.4 Å². The zero-order valence-electron chi connectivity index (χ0n) is 36.0. The summed E-state index contributed by atoms with van der Waals surface area (Å²) in [6.45, 7) is 5.47. The van der Waals surface area contributed by atoms with Crippen LogP contribution in [0, 0.1) is 12.8 Å². The van der Waals surface area contributed by atoms with E-state index in [1.165, 1.54) is 26.7 Å². The minimum atomic E-state index is -3.94. The Balaban J connectivity index is 1.21. The number of aryl methyl sites for hydroxylation is 1. The molecule has 334 valence electrons. The third kappa shape index (κ3) is 9.66. The first-order valence-corrected chi connectivity index (χ1v) is 22.8. The van der Waals surface area contributed by atoms with Crippen molar-refractivity contribution in [2.45, 2.75) is 120 Å². The van der Waals surface area contributed by atoms with Crippen LogP contribution in [0.4, 0.5) is 0 Å². The van der Waals surface area contributed by atoms with Crippen LogP contribution in [0.3, 0.4) is 0 Å². The highest BCUT2D eigenvalue weighted by Gasteiger charge is 2.62. The van der Waals surface area contributed by atoms with Gasteiger partial charge in [0.05, 0.1) is 30.5 Å². The largest absolute Gasteiger partial charge is 0.496 e. The van der Waals surface area contributed by atoms with Gasteiger partial charge in [-0.1, -0.05) is 25.0 Å². The molecule has 7 rings (SSSR count). The summed E-state index contributed by atoms with van der Waals surface area (Å²) in [5.74, 6) is -2.01. The average molecular weight is 877 g/mol. The highest BCUT2D eigenvalue weighted by molar-refractivity contribution is 7.91. The van der Waals surface area contributed by atoms with Crippen LogP contribution in [0.5, 0.6) is 17.4 Å². The molecule has 2 aliphatic carbocycles. The maximum Gasteiger partial charge on any atom is 0.272 e. The van der Waals surface area contributed by atoms with Crippen LogP contribution >= 0.6 is 0 Å². The van der Waals surface area contributed by atoms with E-state index < -0.39 is 68.5 Å². The third-order valence-corrected chi connectivity index (χ3v) is 13.6. The Bertz CT molecular complexity index is 2380. The van der Waals surface area contributed by atoms with Crippen molar-refractivity contribution in [3.63, 3.8) is 0 Å². The lowest BCUT2D eigenvalue weighted by molar-refractivity contribution is -0.141. The van der Waals surface area contributed by atoms with Crippen LogP contribution in [0.2, 0.25) is 0 Å². The van der Waals surface area contributed by atoms with Crippen molar-refractivity contribution in [1.29, 1.82) is 0 Å². The molecule has 5 atom stereocenters. The fourth-order valence-corrected chi connectivity index (χ4v) is 9.45. The van der Waals surface area contributed by atoms with Gasteiger partial charge < -0.3 is 34.6 Å². The van der Waals surface area contributed by atoms with E-state index in [2.05, 4.69) is 20.5 Å². The highest BCUT2D eigenvalue weighted by atomic mass is 32.2. The van der Waals surface area contributed by atoms with Gasteiger partial charge in [0, 0.05) is 49.6 Å². The second-order valence-electron chi connectivity index (χ2n) is 17.1. The number of hydrogen-bond acceptors (Lipinski definition) is 12. The zero-order valence-corrected chi connectivity index (χ0v) is 36.8. The van der Waals surface area contributed by atoms with Gasteiger partial charge in [-0.05, 0) is 77.5 Å². The Morgan fingerprint density at radius 3 is 2.55 bits per heavy atom. The maximum atomic E-state index is 14.9. The number of aromatic nitrogens is 3. The minimum Gasteiger partial charge on any atom is -0.496 e. The lowest BCUT2D eigenvalue weighted by Crippen LogP contribution is -2.58. The standard InChI is InChI=1S/C43H56N8O10S/c1-25(2)60-36-21-35(30-16-17-34(59-6)26(3)38(30)45-36)61-28-20-33-40(54)46-43(42(56)48-62(57,58)29-14-15-29)22-27(43)12-10-8-7-9-11-13-32(41(55)51(33)23-28)44-39(53)31-18-19-50(47-31)24-37(52)49(4)5/h10,12,16-19,21,25,27-29,32-33H,7-9,11,13-15,20,22-24H2,1-6H3,(H,44,53)(H,46,54)(H,48,56)/t27-,28-,32+,33+,43-/m1/s1. The normalized spacial score (nSPS) is 24.3. The van der Waals surface area contributed by atoms with Crippen LogP contribution in [0.1, 0.15) is 87.7 Å². The maximum absolute atomic E-state index is 14.9. The number of amides is 5. The smallest absolute Gasteiger partial charge is 0.272 e. The predicted molar refractivity (Wildman–Crippen MR) is 227 cm³/mol. The molecule has 0 radical (unpaired) electrons. The molecule has 2 saturated carbocycles. The molecule has 1 aromatic carbocycles. The minimum absolute atomic E-state index is 0.000448. The number of likely N-dealkylation sites (N-methyl/N-ethyl adjacent to an activating group) is 1. The van der Waals surface area contributed by atoms with Gasteiger partial charge in [0.1, 0.15) is 47.5 Å². The summed E-state index contributed by atoms with van der Waals surface area (Å²) < 4.78 is 47.7. The highest BCUT2D eigenvalue weighted by Crippen LogP contribution is 2.46. The molecule has 3 aromatic rings. The van der Waals surface area contributed by atoms with Gasteiger partial charge in [0.25, 0.3) is 11.8 Å². The van der Waals surface area contributed by atoms with E-state index in [9.17, 15) is 32.4 Å². The summed E-state index contributed by atoms with van der Waals surface area (Å²) in [6, 6.07) is 4.49. The summed E-state index contributed by atoms with van der Waals surface area (Å²) in [5, 5.41) is 10.0. The van der Waals surface area contributed by atoms with Crippen molar-refractivity contribution in [3.05, 3.63) is 53.9 Å². The molecule has 18 nitrogen and oxygen atoms in total. The van der Waals surface area contributed by atoms with E-state index in [1.54, 1.807) is 33.3 Å². The van der Waals surface area contributed by atoms with Gasteiger partial charge in [-0.15, -0.1) is 0 Å². The number of ether oxygens (including phenoxy) is 3. The molecule has 3 fully saturated rings. The van der Waals surface area contributed by atoms with Crippen LogP contribution in [0.15, 0.2) is 42.6 Å². The van der Waals surface area contributed by atoms with E-state index in [0.29, 0.717) is 60.4 Å². The molecule has 0 bridgehead atoms. The van der Waals surface area contributed by atoms with Gasteiger partial charge >= 0.3 is 0 Å². The Hall–Kier alpha value is -5.72. The average Bonchev–Trinajstić information content (AvgIpc) is 4.10. The quantitative estimate of drug-likeness (QED) is 0.224. The van der Waals surface area contributed by atoms with Crippen molar-refractivity contribution in [1.82, 2.24) is 39.9 Å². The van der Waals surface area contributed by atoms with E-state index in [1.807, 2.05) is 39.0 Å². The number of nitrogens with one attached hydrogen (secondary N) is 3. The summed E-state index contributed by atoms with van der Waals surface area (Å²) >= 11 is 0. The number of allylic oxidation sites excluding steroid dienone is 1. The number of methoxy groups -OCH3 is 1. The molecule has 4 aliphatic rings. The fourth-order valence-electron chi connectivity index (χ4n) is 8.09. The summed E-state index contributed by atoms with van der Waals surface area (Å²) in [4.78, 5) is 76.9. The molecule has 62 heavy (non-hydrogen) atoms. The van der Waals surface area contributed by atoms with Crippen molar-refractivity contribution in [2.24, 2.45) is 5.92 Å². The molecule has 2 aromatic heterocycles. The second kappa shape index (κ2) is 17.9. The monoisotopic (exact) mass is 876 g/mol. The molecule has 0 unspecified atom stereocenters.